The summed E-state index contributed by atoms with van der Waals surface area (Å²) in [6, 6.07) is 13.6. The van der Waals surface area contributed by atoms with Crippen molar-refractivity contribution in [2.75, 3.05) is 6.26 Å². The third-order valence-electron chi connectivity index (χ3n) is 8.13. The number of amides is 1. The minimum Gasteiger partial charge on any atom is -0.350 e. The summed E-state index contributed by atoms with van der Waals surface area (Å²) in [5.41, 5.74) is 0.142. The number of carbonyl (C=O) groups excluding carboxylic acids is 3. The van der Waals surface area contributed by atoms with Crippen LogP contribution in [0.1, 0.15) is 64.9 Å². The molecule has 2 aromatic carbocycles. The maximum Gasteiger partial charge on any atom is 0.223 e. The van der Waals surface area contributed by atoms with Crippen molar-refractivity contribution in [3.8, 4) is 0 Å². The van der Waals surface area contributed by atoms with Crippen molar-refractivity contribution in [1.29, 1.82) is 0 Å². The molecule has 2 fully saturated rings. The van der Waals surface area contributed by atoms with E-state index in [9.17, 15) is 22.8 Å². The lowest BCUT2D eigenvalue weighted by Crippen LogP contribution is -2.45. The van der Waals surface area contributed by atoms with Crippen molar-refractivity contribution in [3.63, 3.8) is 0 Å². The fourth-order valence-corrected chi connectivity index (χ4v) is 6.98. The third kappa shape index (κ3) is 7.54. The lowest BCUT2D eigenvalue weighted by atomic mass is 9.85. The van der Waals surface area contributed by atoms with Crippen molar-refractivity contribution >= 4 is 38.1 Å². The lowest BCUT2D eigenvalue weighted by molar-refractivity contribution is -0.132. The molecule has 6 atom stereocenters. The van der Waals surface area contributed by atoms with Gasteiger partial charge in [-0.2, -0.15) is 0 Å². The van der Waals surface area contributed by atoms with E-state index in [1.165, 1.54) is 0 Å². The van der Waals surface area contributed by atoms with Gasteiger partial charge in [-0.1, -0.05) is 63.2 Å². The highest BCUT2D eigenvalue weighted by atomic mass is 32.2. The van der Waals surface area contributed by atoms with Crippen LogP contribution < -0.4 is 5.32 Å². The normalized spacial score (nSPS) is 23.5. The number of epoxide rings is 1. The van der Waals surface area contributed by atoms with Crippen LogP contribution in [0.4, 0.5) is 0 Å². The largest absolute Gasteiger partial charge is 0.350 e. The summed E-state index contributed by atoms with van der Waals surface area (Å²) >= 11 is 0. The Bertz CT molecular complexity index is 1310. The number of carbonyl (C=O) groups is 3. The second kappa shape index (κ2) is 12.3. The summed E-state index contributed by atoms with van der Waals surface area (Å²) in [7, 11) is -3.43. The van der Waals surface area contributed by atoms with Crippen molar-refractivity contribution in [3.05, 3.63) is 48.0 Å². The second-order valence-electron chi connectivity index (χ2n) is 11.9. The molecule has 212 valence electrons. The van der Waals surface area contributed by atoms with Crippen molar-refractivity contribution in [2.45, 2.75) is 83.3 Å². The van der Waals surface area contributed by atoms with Gasteiger partial charge in [0, 0.05) is 36.9 Å². The summed E-state index contributed by atoms with van der Waals surface area (Å²) in [6.45, 7) is 5.95. The van der Waals surface area contributed by atoms with Crippen LogP contribution in [0.25, 0.3) is 10.8 Å². The molecule has 0 spiro atoms. The molecule has 1 amide bonds. The Hall–Kier alpha value is -2.58. The van der Waals surface area contributed by atoms with E-state index in [1.54, 1.807) is 0 Å². The van der Waals surface area contributed by atoms with Gasteiger partial charge in [-0.25, -0.2) is 8.42 Å². The molecule has 0 aromatic heterocycles. The van der Waals surface area contributed by atoms with Crippen LogP contribution in [0, 0.1) is 23.7 Å². The van der Waals surface area contributed by atoms with Gasteiger partial charge in [-0.05, 0) is 54.4 Å². The number of rotatable bonds is 13. The van der Waals surface area contributed by atoms with Crippen molar-refractivity contribution < 1.29 is 27.5 Å². The first-order chi connectivity index (χ1) is 18.4. The highest BCUT2D eigenvalue weighted by molar-refractivity contribution is 7.91. The summed E-state index contributed by atoms with van der Waals surface area (Å²) in [6.07, 6.45) is 4.13. The van der Waals surface area contributed by atoms with Crippen LogP contribution in [0.5, 0.6) is 0 Å². The molecule has 39 heavy (non-hydrogen) atoms. The quantitative estimate of drug-likeness (QED) is 0.360. The van der Waals surface area contributed by atoms with E-state index < -0.39 is 33.3 Å². The van der Waals surface area contributed by atoms with E-state index in [0.717, 1.165) is 35.4 Å². The fraction of sp³-hybridized carbons (Fsp3) is 0.581. The van der Waals surface area contributed by atoms with E-state index in [2.05, 4.69) is 23.5 Å². The number of nitrogens with one attached hydrogen (secondary N) is 1. The van der Waals surface area contributed by atoms with Gasteiger partial charge in [-0.15, -0.1) is 0 Å². The Morgan fingerprint density at radius 2 is 1.79 bits per heavy atom. The monoisotopic (exact) mass is 555 g/mol. The van der Waals surface area contributed by atoms with E-state index in [-0.39, 0.29) is 41.6 Å². The minimum absolute atomic E-state index is 0.0305. The topological polar surface area (TPSA) is 110 Å². The second-order valence-corrected chi connectivity index (χ2v) is 14.1. The van der Waals surface area contributed by atoms with E-state index in [4.69, 9.17) is 4.74 Å². The zero-order valence-corrected chi connectivity index (χ0v) is 24.2. The van der Waals surface area contributed by atoms with E-state index in [0.29, 0.717) is 25.7 Å². The fourth-order valence-electron chi connectivity index (χ4n) is 5.97. The number of ketones is 2. The van der Waals surface area contributed by atoms with Gasteiger partial charge in [0.15, 0.2) is 15.3 Å². The minimum atomic E-state index is -3.43. The van der Waals surface area contributed by atoms with E-state index >= 15 is 0 Å². The average Bonchev–Trinajstić information content (AvgIpc) is 3.60. The van der Waals surface area contributed by atoms with Crippen LogP contribution >= 0.6 is 0 Å². The standard InChI is InChI=1S/C31H41NO6S/c1-19(2)15-24(18-28(34)20(3)16-22-11-7-10-21-9-5-6-13-25(21)22)30(35)32-26(17-23-12-8-14-27(23)33)29-31(38-29)39(4,36)37/h5-7,9-11,13,19-20,23-24,26,29,31H,8,12,14-18H2,1-4H3,(H,32,35)/t20-,23-,24+,26-,29+,31+/m0/s1. The first kappa shape index (κ1) is 29.4. The molecule has 2 aromatic rings. The molecule has 1 aliphatic carbocycles. The van der Waals surface area contributed by atoms with Crippen LogP contribution in [-0.2, 0) is 35.4 Å². The zero-order valence-electron chi connectivity index (χ0n) is 23.4. The first-order valence-electron chi connectivity index (χ1n) is 14.1. The Kier molecular flexibility index (Phi) is 9.27. The van der Waals surface area contributed by atoms with Gasteiger partial charge in [0.05, 0.1) is 6.04 Å². The predicted molar refractivity (Wildman–Crippen MR) is 152 cm³/mol. The molecule has 1 saturated heterocycles. The third-order valence-corrected chi connectivity index (χ3v) is 9.35. The predicted octanol–water partition coefficient (Wildman–Crippen LogP) is 4.65. The van der Waals surface area contributed by atoms with Gasteiger partial charge in [-0.3, -0.25) is 14.4 Å². The highest BCUT2D eigenvalue weighted by Gasteiger charge is 2.53. The molecule has 0 radical (unpaired) electrons. The van der Waals surface area contributed by atoms with Gasteiger partial charge >= 0.3 is 0 Å². The van der Waals surface area contributed by atoms with E-state index in [1.807, 2.05) is 45.0 Å². The summed E-state index contributed by atoms with van der Waals surface area (Å²) in [5, 5.41) is 5.28. The highest BCUT2D eigenvalue weighted by Crippen LogP contribution is 2.36. The summed E-state index contributed by atoms with van der Waals surface area (Å²) < 4.78 is 29.6. The molecule has 1 aliphatic heterocycles. The van der Waals surface area contributed by atoms with Crippen molar-refractivity contribution in [1.82, 2.24) is 5.32 Å². The number of hydrogen-bond donors (Lipinski definition) is 1. The average molecular weight is 556 g/mol. The smallest absolute Gasteiger partial charge is 0.223 e. The maximum atomic E-state index is 13.6. The Morgan fingerprint density at radius 1 is 1.08 bits per heavy atom. The molecule has 1 N–H and O–H groups in total. The number of Topliss-reactive ketones (excluding diaryl/α,β-unsaturated/α-hetero) is 2. The SMILES string of the molecule is CC(C)C[C@H](CC(=O)[C@@H](C)Cc1cccc2ccccc12)C(=O)N[C@@H](C[C@@H]1CCCC1=O)[C@H]1O[C@@H]1S(C)(=O)=O. The molecular formula is C31H41NO6S. The Labute approximate surface area is 232 Å². The van der Waals surface area contributed by atoms with Crippen LogP contribution in [0.15, 0.2) is 42.5 Å². The molecular weight excluding hydrogens is 514 g/mol. The molecule has 8 heteroatoms. The van der Waals surface area contributed by atoms with Gasteiger partial charge in [0.25, 0.3) is 0 Å². The number of benzene rings is 2. The molecule has 0 unspecified atom stereocenters. The van der Waals surface area contributed by atoms with Gasteiger partial charge in [0.1, 0.15) is 17.7 Å². The zero-order chi connectivity index (χ0) is 28.3. The maximum absolute atomic E-state index is 13.6. The molecule has 0 bridgehead atoms. The number of fused-ring (bicyclic) bond motifs is 1. The van der Waals surface area contributed by atoms with Gasteiger partial charge in [0.2, 0.25) is 5.91 Å². The lowest BCUT2D eigenvalue weighted by Gasteiger charge is -2.25. The molecule has 7 nitrogen and oxygen atoms in total. The van der Waals surface area contributed by atoms with Crippen LogP contribution in [0.2, 0.25) is 0 Å². The van der Waals surface area contributed by atoms with Crippen LogP contribution in [0.3, 0.4) is 0 Å². The van der Waals surface area contributed by atoms with Crippen molar-refractivity contribution in [2.24, 2.45) is 23.7 Å². The molecule has 2 aliphatic rings. The first-order valence-corrected chi connectivity index (χ1v) is 16.1. The molecule has 1 saturated carbocycles. The number of hydrogen-bond acceptors (Lipinski definition) is 6. The number of sulfone groups is 1. The Balaban J connectivity index is 1.45. The molecule has 1 heterocycles. The Morgan fingerprint density at radius 3 is 2.44 bits per heavy atom. The molecule has 4 rings (SSSR count). The number of ether oxygens (including phenoxy) is 1. The summed E-state index contributed by atoms with van der Waals surface area (Å²) in [5.74, 6) is -0.892. The van der Waals surface area contributed by atoms with Gasteiger partial charge < -0.3 is 10.1 Å². The summed E-state index contributed by atoms with van der Waals surface area (Å²) in [4.78, 5) is 39.3. The van der Waals surface area contributed by atoms with Crippen LogP contribution in [-0.4, -0.2) is 49.7 Å².